The quantitative estimate of drug-likeness (QED) is 0.330. The van der Waals surface area contributed by atoms with Crippen LogP contribution in [0.1, 0.15) is 17.2 Å². The van der Waals surface area contributed by atoms with Crippen molar-refractivity contribution in [3.8, 4) is 0 Å². The van der Waals surface area contributed by atoms with Gasteiger partial charge < -0.3 is 0 Å². The molecular formula is C24H18Cl2N2O2S. The van der Waals surface area contributed by atoms with Crippen LogP contribution in [0, 0.1) is 0 Å². The Hall–Kier alpha value is -2.86. The van der Waals surface area contributed by atoms with E-state index < -0.39 is 16.1 Å². The fourth-order valence-electron chi connectivity index (χ4n) is 3.37. The van der Waals surface area contributed by atoms with Crippen molar-refractivity contribution in [2.75, 3.05) is 4.31 Å². The molecule has 0 fully saturated rings. The molecule has 3 aromatic carbocycles. The summed E-state index contributed by atoms with van der Waals surface area (Å²) in [5.41, 5.74) is 2.03. The molecule has 1 aromatic heterocycles. The average Bonchev–Trinajstić information content (AvgIpc) is 2.79. The molecule has 1 atom stereocenters. The molecule has 7 heteroatoms. The number of aromatic nitrogens is 1. The normalized spacial score (nSPS) is 12.3. The molecule has 0 amide bonds. The molecule has 4 aromatic rings. The molecule has 156 valence electrons. The molecule has 4 rings (SSSR count). The second-order valence-electron chi connectivity index (χ2n) is 6.83. The summed E-state index contributed by atoms with van der Waals surface area (Å²) in [6.07, 6.45) is 3.34. The first-order valence-corrected chi connectivity index (χ1v) is 11.7. The van der Waals surface area contributed by atoms with Gasteiger partial charge in [0, 0.05) is 22.4 Å². The molecule has 0 saturated carbocycles. The molecule has 0 saturated heterocycles. The molecule has 0 spiro atoms. The monoisotopic (exact) mass is 468 g/mol. The summed E-state index contributed by atoms with van der Waals surface area (Å²) < 4.78 is 29.3. The first-order valence-electron chi connectivity index (χ1n) is 9.47. The van der Waals surface area contributed by atoms with Gasteiger partial charge in [-0.1, -0.05) is 59.6 Å². The van der Waals surface area contributed by atoms with Crippen LogP contribution in [0.3, 0.4) is 0 Å². The Labute approximate surface area is 191 Å². The van der Waals surface area contributed by atoms with Crippen LogP contribution in [0.2, 0.25) is 10.0 Å². The van der Waals surface area contributed by atoms with Gasteiger partial charge >= 0.3 is 0 Å². The molecule has 1 heterocycles. The third-order valence-electron chi connectivity index (χ3n) is 4.80. The highest BCUT2D eigenvalue weighted by Gasteiger charge is 2.34. The lowest BCUT2D eigenvalue weighted by Crippen LogP contribution is -2.35. The predicted molar refractivity (Wildman–Crippen MR) is 125 cm³/mol. The predicted octanol–water partition coefficient (Wildman–Crippen LogP) is 6.37. The number of sulfonamides is 1. The lowest BCUT2D eigenvalue weighted by Gasteiger charge is -2.33. The van der Waals surface area contributed by atoms with E-state index in [1.165, 1.54) is 16.4 Å². The largest absolute Gasteiger partial charge is 0.265 e. The van der Waals surface area contributed by atoms with Crippen LogP contribution in [-0.4, -0.2) is 13.4 Å². The second kappa shape index (κ2) is 9.10. The summed E-state index contributed by atoms with van der Waals surface area (Å²) in [5.74, 6) is 0. The topological polar surface area (TPSA) is 50.3 Å². The molecule has 0 radical (unpaired) electrons. The van der Waals surface area contributed by atoms with Crippen molar-refractivity contribution < 1.29 is 8.42 Å². The Morgan fingerprint density at radius 2 is 1.29 bits per heavy atom. The van der Waals surface area contributed by atoms with Crippen molar-refractivity contribution in [2.24, 2.45) is 0 Å². The van der Waals surface area contributed by atoms with Gasteiger partial charge in [0.05, 0.1) is 16.6 Å². The first kappa shape index (κ1) is 21.4. The summed E-state index contributed by atoms with van der Waals surface area (Å²) in [4.78, 5) is 4.36. The maximum Gasteiger partial charge on any atom is 0.265 e. The minimum Gasteiger partial charge on any atom is -0.264 e. The Morgan fingerprint density at radius 3 is 1.87 bits per heavy atom. The number of rotatable bonds is 6. The zero-order valence-electron chi connectivity index (χ0n) is 16.3. The molecule has 1 unspecified atom stereocenters. The Bertz CT molecular complexity index is 1210. The molecule has 0 N–H and O–H groups in total. The number of nitrogens with zero attached hydrogens (tertiary/aromatic N) is 2. The van der Waals surface area contributed by atoms with E-state index in [2.05, 4.69) is 4.98 Å². The Morgan fingerprint density at radius 1 is 0.710 bits per heavy atom. The van der Waals surface area contributed by atoms with Gasteiger partial charge in [-0.3, -0.25) is 9.29 Å². The maximum absolute atomic E-state index is 13.9. The van der Waals surface area contributed by atoms with Gasteiger partial charge in [0.1, 0.15) is 0 Å². The van der Waals surface area contributed by atoms with Crippen LogP contribution in [-0.2, 0) is 10.0 Å². The van der Waals surface area contributed by atoms with E-state index in [-0.39, 0.29) is 4.90 Å². The van der Waals surface area contributed by atoms with Crippen molar-refractivity contribution in [3.63, 3.8) is 0 Å². The highest BCUT2D eigenvalue weighted by atomic mass is 35.5. The number of benzene rings is 3. The van der Waals surface area contributed by atoms with E-state index in [4.69, 9.17) is 23.2 Å². The zero-order chi connectivity index (χ0) is 21.8. The minimum absolute atomic E-state index is 0.136. The van der Waals surface area contributed by atoms with E-state index in [9.17, 15) is 8.42 Å². The summed E-state index contributed by atoms with van der Waals surface area (Å²) in [5, 5.41) is 0.981. The number of halogens is 2. The standard InChI is InChI=1S/C24H18Cl2N2O2S/c25-20-8-12-22(13-9-20)28(31(29,30)23-14-10-21(26)11-15-23)24(18-5-2-1-3-6-18)19-7-4-16-27-17-19/h1-17,24H. The lowest BCUT2D eigenvalue weighted by molar-refractivity contribution is 0.585. The summed E-state index contributed by atoms with van der Waals surface area (Å²) in [6.45, 7) is 0. The molecule has 4 nitrogen and oxygen atoms in total. The average molecular weight is 469 g/mol. The van der Waals surface area contributed by atoms with Crippen LogP contribution in [0.4, 0.5) is 5.69 Å². The van der Waals surface area contributed by atoms with E-state index in [0.29, 0.717) is 15.7 Å². The number of anilines is 1. The summed E-state index contributed by atoms with van der Waals surface area (Å²) >= 11 is 12.1. The van der Waals surface area contributed by atoms with E-state index >= 15 is 0 Å². The maximum atomic E-state index is 13.9. The van der Waals surface area contributed by atoms with Gasteiger partial charge in [0.25, 0.3) is 10.0 Å². The fraction of sp³-hybridized carbons (Fsp3) is 0.0417. The van der Waals surface area contributed by atoms with E-state index in [0.717, 1.165) is 11.1 Å². The SMILES string of the molecule is O=S(=O)(c1ccc(Cl)cc1)N(c1ccc(Cl)cc1)C(c1ccccc1)c1cccnc1. The van der Waals surface area contributed by atoms with Gasteiger partial charge in [-0.15, -0.1) is 0 Å². The summed E-state index contributed by atoms with van der Waals surface area (Å²) in [6, 6.07) is 25.4. The Balaban J connectivity index is 1.98. The molecule has 0 aliphatic heterocycles. The van der Waals surface area contributed by atoms with Crippen LogP contribution < -0.4 is 4.31 Å². The lowest BCUT2D eigenvalue weighted by atomic mass is 10.00. The van der Waals surface area contributed by atoms with Gasteiger partial charge in [-0.2, -0.15) is 0 Å². The van der Waals surface area contributed by atoms with Crippen LogP contribution >= 0.6 is 23.2 Å². The van der Waals surface area contributed by atoms with Crippen molar-refractivity contribution in [2.45, 2.75) is 10.9 Å². The highest BCUT2D eigenvalue weighted by molar-refractivity contribution is 7.92. The van der Waals surface area contributed by atoms with Gasteiger partial charge in [-0.25, -0.2) is 8.42 Å². The van der Waals surface area contributed by atoms with Crippen molar-refractivity contribution in [3.05, 3.63) is 125 Å². The third-order valence-corrected chi connectivity index (χ3v) is 7.11. The van der Waals surface area contributed by atoms with E-state index in [1.54, 1.807) is 54.9 Å². The molecule has 31 heavy (non-hydrogen) atoms. The van der Waals surface area contributed by atoms with Gasteiger partial charge in [0.15, 0.2) is 0 Å². The number of hydrogen-bond donors (Lipinski definition) is 0. The van der Waals surface area contributed by atoms with Gasteiger partial charge in [-0.05, 0) is 65.7 Å². The molecule has 0 aliphatic rings. The third kappa shape index (κ3) is 4.59. The van der Waals surface area contributed by atoms with Crippen LogP contribution in [0.5, 0.6) is 0 Å². The van der Waals surface area contributed by atoms with Crippen molar-refractivity contribution in [1.29, 1.82) is 0 Å². The molecule has 0 bridgehead atoms. The van der Waals surface area contributed by atoms with E-state index in [1.807, 2.05) is 36.4 Å². The zero-order valence-corrected chi connectivity index (χ0v) is 18.6. The fourth-order valence-corrected chi connectivity index (χ4v) is 5.25. The first-order chi connectivity index (χ1) is 15.0. The number of pyridine rings is 1. The van der Waals surface area contributed by atoms with Crippen molar-refractivity contribution >= 4 is 38.9 Å². The Kier molecular flexibility index (Phi) is 6.28. The smallest absolute Gasteiger partial charge is 0.264 e. The number of hydrogen-bond acceptors (Lipinski definition) is 3. The minimum atomic E-state index is -3.98. The van der Waals surface area contributed by atoms with Crippen LogP contribution in [0.15, 0.2) is 108 Å². The van der Waals surface area contributed by atoms with Gasteiger partial charge in [0.2, 0.25) is 0 Å². The summed E-state index contributed by atoms with van der Waals surface area (Å²) in [7, 11) is -3.98. The van der Waals surface area contributed by atoms with Crippen molar-refractivity contribution in [1.82, 2.24) is 4.98 Å². The highest BCUT2D eigenvalue weighted by Crippen LogP contribution is 2.38. The second-order valence-corrected chi connectivity index (χ2v) is 9.52. The molecular weight excluding hydrogens is 451 g/mol. The van der Waals surface area contributed by atoms with Crippen LogP contribution in [0.25, 0.3) is 0 Å². The molecule has 0 aliphatic carbocycles.